The van der Waals surface area contributed by atoms with Gasteiger partial charge in [-0.3, -0.25) is 0 Å². The molecular formula is C68H42N2O. The summed E-state index contributed by atoms with van der Waals surface area (Å²) in [5.74, 6) is 0. The molecule has 1 atom stereocenters. The van der Waals surface area contributed by atoms with Gasteiger partial charge in [0.2, 0.25) is 0 Å². The molecule has 3 nitrogen and oxygen atoms in total. The van der Waals surface area contributed by atoms with Crippen molar-refractivity contribution in [2.24, 2.45) is 0 Å². The molecule has 0 amide bonds. The van der Waals surface area contributed by atoms with Crippen LogP contribution in [0.15, 0.2) is 259 Å². The highest BCUT2D eigenvalue weighted by atomic mass is 16.3. The van der Waals surface area contributed by atoms with E-state index in [0.717, 1.165) is 44.7 Å². The molecule has 1 unspecified atom stereocenters. The van der Waals surface area contributed by atoms with Crippen molar-refractivity contribution in [3.05, 3.63) is 299 Å². The lowest BCUT2D eigenvalue weighted by atomic mass is 9.65. The minimum absolute atomic E-state index is 0.504. The number of nitrogens with zero attached hydrogens (tertiary/aromatic N) is 2. The Hall–Kier alpha value is -9.18. The van der Waals surface area contributed by atoms with Crippen LogP contribution in [0.4, 0.5) is 34.1 Å². The second kappa shape index (κ2) is 14.2. The molecule has 12 aromatic rings. The highest BCUT2D eigenvalue weighted by Gasteiger charge is 2.54. The van der Waals surface area contributed by atoms with Gasteiger partial charge in [0, 0.05) is 33.4 Å². The first kappa shape index (κ1) is 38.8. The molecular weight excluding hydrogens is 861 g/mol. The van der Waals surface area contributed by atoms with Crippen molar-refractivity contribution in [1.29, 1.82) is 0 Å². The third kappa shape index (κ3) is 4.87. The molecule has 16 rings (SSSR count). The van der Waals surface area contributed by atoms with E-state index in [-0.39, 0.29) is 0 Å². The molecule has 0 bridgehead atoms. The van der Waals surface area contributed by atoms with Gasteiger partial charge in [-0.2, -0.15) is 0 Å². The Kier molecular flexibility index (Phi) is 7.75. The molecule has 0 fully saturated rings. The van der Waals surface area contributed by atoms with Gasteiger partial charge in [0.15, 0.2) is 5.58 Å². The number of benzene rings is 11. The lowest BCUT2D eigenvalue weighted by Crippen LogP contribution is -2.36. The lowest BCUT2D eigenvalue weighted by Gasteiger charge is -2.44. The summed E-state index contributed by atoms with van der Waals surface area (Å²) in [5, 5.41) is 2.20. The number of furan rings is 1. The Morgan fingerprint density at radius 2 is 0.831 bits per heavy atom. The molecule has 330 valence electrons. The Balaban J connectivity index is 0.996. The van der Waals surface area contributed by atoms with Gasteiger partial charge < -0.3 is 14.2 Å². The maximum atomic E-state index is 6.99. The zero-order chi connectivity index (χ0) is 46.4. The number of rotatable bonds is 5. The number of hydrogen-bond acceptors (Lipinski definition) is 3. The summed E-state index contributed by atoms with van der Waals surface area (Å²) in [7, 11) is 0. The summed E-state index contributed by atoms with van der Waals surface area (Å²) < 4.78 is 6.99. The molecule has 1 aliphatic heterocycles. The Morgan fingerprint density at radius 1 is 0.338 bits per heavy atom. The molecule has 0 radical (unpaired) electrons. The van der Waals surface area contributed by atoms with Gasteiger partial charge in [-0.25, -0.2) is 0 Å². The summed E-state index contributed by atoms with van der Waals surface area (Å²) in [6.07, 6.45) is 0. The van der Waals surface area contributed by atoms with Crippen LogP contribution >= 0.6 is 0 Å². The SMILES string of the molecule is c1ccc(N2c3ccccc3C3(c4ccccc4)c4cc(N(c5ccc6c(c5)C5(c7ccccc7-c7ccccc75)c5ccccc5-6)c5cccc6c5oc5ccccc56)ccc4-c4cccc2c43)cc1. The van der Waals surface area contributed by atoms with Gasteiger partial charge in [0.05, 0.1) is 27.9 Å². The fourth-order valence-corrected chi connectivity index (χ4v) is 13.6. The predicted molar refractivity (Wildman–Crippen MR) is 290 cm³/mol. The largest absolute Gasteiger partial charge is 0.454 e. The average molecular weight is 903 g/mol. The van der Waals surface area contributed by atoms with Crippen LogP contribution in [0.3, 0.4) is 0 Å². The van der Waals surface area contributed by atoms with Crippen LogP contribution in [0.1, 0.15) is 44.5 Å². The first-order chi connectivity index (χ1) is 35.2. The van der Waals surface area contributed by atoms with Gasteiger partial charge in [0.25, 0.3) is 0 Å². The van der Waals surface area contributed by atoms with Crippen LogP contribution in [0.25, 0.3) is 55.3 Å². The monoisotopic (exact) mass is 902 g/mol. The van der Waals surface area contributed by atoms with Crippen molar-refractivity contribution in [3.63, 3.8) is 0 Å². The van der Waals surface area contributed by atoms with E-state index >= 15 is 0 Å². The van der Waals surface area contributed by atoms with Gasteiger partial charge >= 0.3 is 0 Å². The normalized spacial score (nSPS) is 15.7. The van der Waals surface area contributed by atoms with Crippen molar-refractivity contribution in [1.82, 2.24) is 0 Å². The second-order valence-corrected chi connectivity index (χ2v) is 19.4. The van der Waals surface area contributed by atoms with Crippen LogP contribution in [0, 0.1) is 0 Å². The van der Waals surface area contributed by atoms with Crippen LogP contribution in [0.2, 0.25) is 0 Å². The molecule has 1 spiro atoms. The van der Waals surface area contributed by atoms with Crippen molar-refractivity contribution in [2.45, 2.75) is 10.8 Å². The molecule has 3 heteroatoms. The summed E-state index contributed by atoms with van der Waals surface area (Å²) in [6, 6.07) is 94.7. The maximum absolute atomic E-state index is 6.99. The van der Waals surface area contributed by atoms with Crippen molar-refractivity contribution < 1.29 is 4.42 Å². The summed E-state index contributed by atoms with van der Waals surface area (Å²) in [5.41, 5.74) is 25.2. The van der Waals surface area contributed by atoms with Crippen LogP contribution in [-0.2, 0) is 10.8 Å². The van der Waals surface area contributed by atoms with Crippen LogP contribution in [0.5, 0.6) is 0 Å². The number of fused-ring (bicyclic) bond motifs is 18. The first-order valence-corrected chi connectivity index (χ1v) is 24.7. The van der Waals surface area contributed by atoms with Crippen LogP contribution in [-0.4, -0.2) is 0 Å². The highest BCUT2D eigenvalue weighted by Crippen LogP contribution is 2.67. The fourth-order valence-electron chi connectivity index (χ4n) is 13.6. The van der Waals surface area contributed by atoms with Gasteiger partial charge in [-0.1, -0.05) is 194 Å². The van der Waals surface area contributed by atoms with Crippen molar-refractivity contribution in [3.8, 4) is 33.4 Å². The zero-order valence-corrected chi connectivity index (χ0v) is 38.6. The Labute approximate surface area is 411 Å². The first-order valence-electron chi connectivity index (χ1n) is 24.7. The van der Waals surface area contributed by atoms with E-state index in [4.69, 9.17) is 4.42 Å². The molecule has 11 aromatic carbocycles. The minimum atomic E-state index is -0.627. The lowest BCUT2D eigenvalue weighted by molar-refractivity contribution is 0.669. The molecule has 0 N–H and O–H groups in total. The van der Waals surface area contributed by atoms with E-state index in [9.17, 15) is 0 Å². The number of para-hydroxylation sites is 4. The Morgan fingerprint density at radius 3 is 1.52 bits per heavy atom. The summed E-state index contributed by atoms with van der Waals surface area (Å²) >= 11 is 0. The molecule has 0 saturated heterocycles. The predicted octanol–water partition coefficient (Wildman–Crippen LogP) is 17.5. The second-order valence-electron chi connectivity index (χ2n) is 19.4. The molecule has 71 heavy (non-hydrogen) atoms. The van der Waals surface area contributed by atoms with Gasteiger partial charge in [-0.05, 0) is 133 Å². The molecule has 0 saturated carbocycles. The molecule has 2 heterocycles. The third-order valence-electron chi connectivity index (χ3n) is 16.2. The average Bonchev–Trinajstić information content (AvgIpc) is 4.15. The summed E-state index contributed by atoms with van der Waals surface area (Å²) in [4.78, 5) is 4.94. The molecule has 3 aliphatic carbocycles. The highest BCUT2D eigenvalue weighted by molar-refractivity contribution is 6.11. The fraction of sp³-hybridized carbons (Fsp3) is 0.0294. The van der Waals surface area contributed by atoms with E-state index < -0.39 is 10.8 Å². The topological polar surface area (TPSA) is 19.6 Å². The zero-order valence-electron chi connectivity index (χ0n) is 38.6. The number of hydrogen-bond donors (Lipinski definition) is 0. The van der Waals surface area contributed by atoms with Crippen molar-refractivity contribution >= 4 is 56.1 Å². The van der Waals surface area contributed by atoms with Crippen molar-refractivity contribution in [2.75, 3.05) is 9.80 Å². The van der Waals surface area contributed by atoms with E-state index in [1.807, 2.05) is 0 Å². The number of anilines is 6. The summed E-state index contributed by atoms with van der Waals surface area (Å²) in [6.45, 7) is 0. The van der Waals surface area contributed by atoms with Gasteiger partial charge in [0.1, 0.15) is 5.58 Å². The standard InChI is InChI=1S/C68H42N2O/c1-3-19-43(20-4-1)67-58-32-14-15-33-61(58)70(44-21-5-2-6-22-44)62-34-17-27-53(65(62)67)51-40-38-45(41-59(51)67)69(63-35-18-28-54-52-26-10-16-36-64(52)71-66(54)63)46-37-39-50-49-25-9-13-31-57(49)68(60(50)42-46)55-29-11-7-23-47(55)48-24-8-12-30-56(48)68/h1-42H. The van der Waals surface area contributed by atoms with E-state index in [2.05, 4.69) is 265 Å². The maximum Gasteiger partial charge on any atom is 0.159 e. The molecule has 4 aliphatic rings. The van der Waals surface area contributed by atoms with E-state index in [0.29, 0.717) is 0 Å². The smallest absolute Gasteiger partial charge is 0.159 e. The van der Waals surface area contributed by atoms with E-state index in [1.165, 1.54) is 89.3 Å². The van der Waals surface area contributed by atoms with Gasteiger partial charge in [-0.15, -0.1) is 0 Å². The minimum Gasteiger partial charge on any atom is -0.454 e. The quantitative estimate of drug-likeness (QED) is 0.172. The van der Waals surface area contributed by atoms with Crippen LogP contribution < -0.4 is 9.80 Å². The third-order valence-corrected chi connectivity index (χ3v) is 16.2. The van der Waals surface area contributed by atoms with E-state index in [1.54, 1.807) is 0 Å². The Bertz CT molecular complexity index is 4140. The molecule has 1 aromatic heterocycles.